The van der Waals surface area contributed by atoms with E-state index in [2.05, 4.69) is 0 Å². The number of aryl methyl sites for hydroxylation is 1. The van der Waals surface area contributed by atoms with Crippen molar-refractivity contribution in [1.29, 1.82) is 0 Å². The van der Waals surface area contributed by atoms with Gasteiger partial charge in [-0.2, -0.15) is 0 Å². The first-order chi connectivity index (χ1) is 11.3. The normalized spacial score (nSPS) is 13.0. The Morgan fingerprint density at radius 2 is 1.71 bits per heavy atom. The van der Waals surface area contributed by atoms with Crippen molar-refractivity contribution >= 4 is 16.0 Å². The summed E-state index contributed by atoms with van der Waals surface area (Å²) in [5.74, 6) is -1.54. The lowest BCUT2D eigenvalue weighted by atomic mass is 10.2. The quantitative estimate of drug-likeness (QED) is 0.703. The lowest BCUT2D eigenvalue weighted by Gasteiger charge is -2.28. The number of sulfonamides is 1. The summed E-state index contributed by atoms with van der Waals surface area (Å²) in [6.07, 6.45) is 0. The average molecular weight is 348 g/mol. The number of aliphatic carboxylic acids is 1. The van der Waals surface area contributed by atoms with Crippen LogP contribution in [0.5, 0.6) is 0 Å². The number of nitrogens with zero attached hydrogens (tertiary/aromatic N) is 1. The monoisotopic (exact) mass is 348 g/mol. The summed E-state index contributed by atoms with van der Waals surface area (Å²) >= 11 is 0. The Morgan fingerprint density at radius 3 is 2.25 bits per heavy atom. The molecule has 0 bridgehead atoms. The Morgan fingerprint density at radius 1 is 1.12 bits per heavy atom. The van der Waals surface area contributed by atoms with Crippen molar-refractivity contribution in [3.8, 4) is 0 Å². The van der Waals surface area contributed by atoms with Gasteiger partial charge in [0.1, 0.15) is 0 Å². The van der Waals surface area contributed by atoms with E-state index >= 15 is 0 Å². The first-order valence-corrected chi connectivity index (χ1v) is 8.75. The summed E-state index contributed by atoms with van der Waals surface area (Å²) in [4.78, 5) is 16.5. The van der Waals surface area contributed by atoms with Gasteiger partial charge in [-0.05, 0) is 31.5 Å². The number of hydroxylamine groups is 1. The van der Waals surface area contributed by atoms with Crippen molar-refractivity contribution in [1.82, 2.24) is 4.47 Å². The molecular weight excluding hydrogens is 330 g/mol. The van der Waals surface area contributed by atoms with Gasteiger partial charge in [-0.3, -0.25) is 4.84 Å². The molecule has 0 saturated heterocycles. The molecule has 0 heterocycles. The lowest BCUT2D eigenvalue weighted by molar-refractivity contribution is -0.316. The molecule has 0 radical (unpaired) electrons. The molecule has 6 nitrogen and oxygen atoms in total. The molecule has 0 spiro atoms. The predicted octanol–water partition coefficient (Wildman–Crippen LogP) is 1.26. The van der Waals surface area contributed by atoms with Crippen molar-refractivity contribution in [3.63, 3.8) is 0 Å². The zero-order valence-corrected chi connectivity index (χ0v) is 14.2. The molecule has 2 aromatic carbocycles. The second-order valence-electron chi connectivity index (χ2n) is 5.33. The maximum absolute atomic E-state index is 12.7. The molecule has 0 fully saturated rings. The molecule has 0 N–H and O–H groups in total. The molecule has 1 atom stereocenters. The molecule has 2 rings (SSSR count). The second-order valence-corrected chi connectivity index (χ2v) is 7.11. The van der Waals surface area contributed by atoms with E-state index < -0.39 is 22.0 Å². The minimum atomic E-state index is -4.14. The fourth-order valence-electron chi connectivity index (χ4n) is 2.00. The maximum atomic E-state index is 12.7. The van der Waals surface area contributed by atoms with Gasteiger partial charge in [-0.15, -0.1) is 0 Å². The van der Waals surface area contributed by atoms with Gasteiger partial charge in [0.2, 0.25) is 0 Å². The lowest BCUT2D eigenvalue weighted by Crippen LogP contribution is -2.48. The molecule has 0 amide bonds. The Balaban J connectivity index is 2.31. The van der Waals surface area contributed by atoms with E-state index in [1.54, 1.807) is 36.4 Å². The van der Waals surface area contributed by atoms with Crippen LogP contribution in [0.2, 0.25) is 0 Å². The van der Waals surface area contributed by atoms with E-state index in [1.807, 2.05) is 13.0 Å². The second kappa shape index (κ2) is 7.57. The van der Waals surface area contributed by atoms with Crippen LogP contribution >= 0.6 is 0 Å². The number of rotatable bonds is 7. The van der Waals surface area contributed by atoms with Crippen LogP contribution in [-0.4, -0.2) is 24.9 Å². The van der Waals surface area contributed by atoms with Crippen molar-refractivity contribution in [2.75, 3.05) is 0 Å². The SMILES string of the molecule is Cc1ccc(S(=O)(=O)N(OCc2ccccc2)C(C)C(=O)[O-])cc1. The van der Waals surface area contributed by atoms with Crippen molar-refractivity contribution in [2.45, 2.75) is 31.4 Å². The van der Waals surface area contributed by atoms with Crippen LogP contribution in [-0.2, 0) is 26.3 Å². The number of hydrogen-bond donors (Lipinski definition) is 0. The fourth-order valence-corrected chi connectivity index (χ4v) is 3.38. The third-order valence-corrected chi connectivity index (χ3v) is 5.18. The molecular formula is C17H18NO5S-. The largest absolute Gasteiger partial charge is 0.548 e. The number of benzene rings is 2. The van der Waals surface area contributed by atoms with Crippen LogP contribution in [0.3, 0.4) is 0 Å². The zero-order chi connectivity index (χ0) is 17.7. The predicted molar refractivity (Wildman–Crippen MR) is 85.9 cm³/mol. The van der Waals surface area contributed by atoms with Gasteiger partial charge in [0.25, 0.3) is 10.0 Å². The molecule has 0 aliphatic rings. The number of carbonyl (C=O) groups excluding carboxylic acids is 1. The highest BCUT2D eigenvalue weighted by Crippen LogP contribution is 2.20. The van der Waals surface area contributed by atoms with Crippen LogP contribution < -0.4 is 5.11 Å². The topological polar surface area (TPSA) is 86.7 Å². The van der Waals surface area contributed by atoms with Crippen LogP contribution in [0.15, 0.2) is 59.5 Å². The van der Waals surface area contributed by atoms with Gasteiger partial charge >= 0.3 is 0 Å². The summed E-state index contributed by atoms with van der Waals surface area (Å²) in [5.41, 5.74) is 1.60. The molecule has 2 aromatic rings. The molecule has 0 saturated carbocycles. The third kappa shape index (κ3) is 4.19. The third-order valence-electron chi connectivity index (χ3n) is 3.41. The smallest absolute Gasteiger partial charge is 0.265 e. The van der Waals surface area contributed by atoms with Crippen LogP contribution in [0, 0.1) is 6.92 Å². The summed E-state index contributed by atoms with van der Waals surface area (Å²) in [6, 6.07) is 13.5. The van der Waals surface area contributed by atoms with E-state index in [4.69, 9.17) is 4.84 Å². The minimum Gasteiger partial charge on any atom is -0.548 e. The van der Waals surface area contributed by atoms with Gasteiger partial charge < -0.3 is 9.90 Å². The molecule has 24 heavy (non-hydrogen) atoms. The van der Waals surface area contributed by atoms with Gasteiger partial charge in [-0.25, -0.2) is 8.42 Å². The molecule has 7 heteroatoms. The van der Waals surface area contributed by atoms with Gasteiger partial charge in [0.05, 0.1) is 23.5 Å². The molecule has 0 aromatic heterocycles. The van der Waals surface area contributed by atoms with Crippen molar-refractivity contribution in [2.24, 2.45) is 0 Å². The number of hydrogen-bond acceptors (Lipinski definition) is 5. The molecule has 0 aliphatic carbocycles. The number of carboxylic acids is 1. The molecule has 128 valence electrons. The van der Waals surface area contributed by atoms with Crippen LogP contribution in [0.1, 0.15) is 18.1 Å². The summed E-state index contributed by atoms with van der Waals surface area (Å²) < 4.78 is 25.9. The highest BCUT2D eigenvalue weighted by atomic mass is 32.2. The average Bonchev–Trinajstić information content (AvgIpc) is 2.56. The Bertz CT molecular complexity index is 787. The van der Waals surface area contributed by atoms with Gasteiger partial charge in [0, 0.05) is 0 Å². The van der Waals surface area contributed by atoms with Crippen molar-refractivity contribution < 1.29 is 23.2 Å². The van der Waals surface area contributed by atoms with E-state index in [1.165, 1.54) is 19.1 Å². The summed E-state index contributed by atoms with van der Waals surface area (Å²) in [6.45, 7) is 2.94. The van der Waals surface area contributed by atoms with Crippen LogP contribution in [0.4, 0.5) is 0 Å². The Hall–Kier alpha value is -2.22. The van der Waals surface area contributed by atoms with E-state index in [-0.39, 0.29) is 11.5 Å². The van der Waals surface area contributed by atoms with Gasteiger partial charge in [-0.1, -0.05) is 52.5 Å². The van der Waals surface area contributed by atoms with E-state index in [0.29, 0.717) is 10.0 Å². The number of carboxylic acid groups (broad SMARTS) is 1. The first kappa shape index (κ1) is 18.1. The van der Waals surface area contributed by atoms with Crippen molar-refractivity contribution in [3.05, 3.63) is 65.7 Å². The maximum Gasteiger partial charge on any atom is 0.265 e. The molecule has 0 aliphatic heterocycles. The van der Waals surface area contributed by atoms with E-state index in [0.717, 1.165) is 5.56 Å². The highest BCUT2D eigenvalue weighted by molar-refractivity contribution is 7.89. The van der Waals surface area contributed by atoms with Crippen LogP contribution in [0.25, 0.3) is 0 Å². The molecule has 1 unspecified atom stereocenters. The summed E-state index contributed by atoms with van der Waals surface area (Å²) in [5, 5.41) is 11.2. The van der Waals surface area contributed by atoms with Gasteiger partial charge in [0.15, 0.2) is 0 Å². The first-order valence-electron chi connectivity index (χ1n) is 7.31. The fraction of sp³-hybridized carbons (Fsp3) is 0.235. The Kier molecular flexibility index (Phi) is 5.71. The minimum absolute atomic E-state index is 0.0470. The standard InChI is InChI=1S/C17H19NO5S/c1-13-8-10-16(11-9-13)24(21,22)18(14(2)17(19)20)23-12-15-6-4-3-5-7-15/h3-11,14H,12H2,1-2H3,(H,19,20)/p-1. The Labute approximate surface area is 141 Å². The van der Waals surface area contributed by atoms with E-state index in [9.17, 15) is 18.3 Å². The number of carbonyl (C=O) groups is 1. The highest BCUT2D eigenvalue weighted by Gasteiger charge is 2.31. The summed E-state index contributed by atoms with van der Waals surface area (Å²) in [7, 11) is -4.14. The zero-order valence-electron chi connectivity index (χ0n) is 13.4.